The molecule has 0 atom stereocenters. The van der Waals surface area contributed by atoms with Crippen LogP contribution < -0.4 is 0 Å². The summed E-state index contributed by atoms with van der Waals surface area (Å²) in [5.74, 6) is 1.94. The molecule has 3 heterocycles. The molecule has 10 aromatic rings. The van der Waals surface area contributed by atoms with Crippen molar-refractivity contribution in [1.82, 2.24) is 19.5 Å². The van der Waals surface area contributed by atoms with Crippen molar-refractivity contribution in [2.75, 3.05) is 0 Å². The highest BCUT2D eigenvalue weighted by molar-refractivity contribution is 6.23. The molecule has 250 valence electrons. The Hall–Kier alpha value is -6.85. The maximum Gasteiger partial charge on any atom is 0.164 e. The summed E-state index contributed by atoms with van der Waals surface area (Å²) >= 11 is 0. The van der Waals surface area contributed by atoms with E-state index in [1.54, 1.807) is 0 Å². The molecule has 0 N–H and O–H groups in total. The van der Waals surface area contributed by atoms with E-state index in [1.807, 2.05) is 66.7 Å². The first kappa shape index (κ1) is 29.8. The van der Waals surface area contributed by atoms with E-state index in [1.165, 1.54) is 43.9 Å². The van der Waals surface area contributed by atoms with Gasteiger partial charge < -0.3 is 8.98 Å². The van der Waals surface area contributed by atoms with E-state index < -0.39 is 0 Å². The van der Waals surface area contributed by atoms with Gasteiger partial charge in [0.1, 0.15) is 11.2 Å². The van der Waals surface area contributed by atoms with Crippen molar-refractivity contribution in [2.45, 2.75) is 19.3 Å². The van der Waals surface area contributed by atoms with Crippen molar-refractivity contribution in [3.8, 4) is 51.0 Å². The van der Waals surface area contributed by atoms with Crippen LogP contribution in [0, 0.1) is 0 Å². The Bertz CT molecular complexity index is 3010. The summed E-state index contributed by atoms with van der Waals surface area (Å²) in [4.78, 5) is 14.8. The highest BCUT2D eigenvalue weighted by Crippen LogP contribution is 2.56. The van der Waals surface area contributed by atoms with E-state index in [2.05, 4.69) is 109 Å². The number of nitrogens with zero attached hydrogens (tertiary/aromatic N) is 4. The monoisotopic (exact) mass is 680 g/mol. The lowest BCUT2D eigenvalue weighted by Crippen LogP contribution is -2.14. The average Bonchev–Trinajstić information content (AvgIpc) is 3.84. The molecule has 0 spiro atoms. The summed E-state index contributed by atoms with van der Waals surface area (Å²) in [6.45, 7) is 4.70. The number of hydrogen-bond acceptors (Lipinski definition) is 4. The minimum atomic E-state index is -0.169. The molecule has 53 heavy (non-hydrogen) atoms. The van der Waals surface area contributed by atoms with Gasteiger partial charge in [0.2, 0.25) is 0 Å². The van der Waals surface area contributed by atoms with Crippen molar-refractivity contribution in [2.24, 2.45) is 0 Å². The summed E-state index contributed by atoms with van der Waals surface area (Å²) in [5.41, 5.74) is 13.2. The standard InChI is InChI=1S/C48H32N4O/c1-48(2)35-25-27-38-41(43(35)44-36(48)26-28-40-42(44)34-18-10-12-20-39(34)53-40)33-17-9-11-19-37(33)52(38)32-23-21-31(22-24-32)47-50-45(29-13-5-3-6-14-29)49-46(51-47)30-15-7-4-8-16-30/h3-28H,1-2H3. The Balaban J connectivity index is 1.12. The Morgan fingerprint density at radius 3 is 1.62 bits per heavy atom. The number of benzene rings is 7. The molecule has 5 nitrogen and oxygen atoms in total. The Labute approximate surface area is 305 Å². The van der Waals surface area contributed by atoms with Gasteiger partial charge in [-0.3, -0.25) is 0 Å². The highest BCUT2D eigenvalue weighted by Gasteiger charge is 2.39. The Morgan fingerprint density at radius 2 is 0.962 bits per heavy atom. The van der Waals surface area contributed by atoms with E-state index >= 15 is 0 Å². The van der Waals surface area contributed by atoms with Crippen LogP contribution in [0.2, 0.25) is 0 Å². The molecule has 0 amide bonds. The molecule has 0 aliphatic heterocycles. The second-order valence-electron chi connectivity index (χ2n) is 14.4. The number of fused-ring (bicyclic) bond motifs is 11. The van der Waals surface area contributed by atoms with Gasteiger partial charge in [-0.2, -0.15) is 0 Å². The first-order valence-electron chi connectivity index (χ1n) is 18.0. The molecule has 0 bridgehead atoms. The second-order valence-corrected chi connectivity index (χ2v) is 14.4. The van der Waals surface area contributed by atoms with Crippen LogP contribution in [0.4, 0.5) is 0 Å². The number of furan rings is 1. The SMILES string of the molecule is CC1(C)c2ccc3oc4ccccc4c3c2-c2c1ccc1c2c2ccccc2n1-c1ccc(-c2nc(-c3ccccc3)nc(-c3ccccc3)n2)cc1. The topological polar surface area (TPSA) is 56.7 Å². The van der Waals surface area contributed by atoms with Gasteiger partial charge in [0.25, 0.3) is 0 Å². The third-order valence-corrected chi connectivity index (χ3v) is 11.1. The molecular weight excluding hydrogens is 649 g/mol. The van der Waals surface area contributed by atoms with E-state index in [0.717, 1.165) is 44.4 Å². The third kappa shape index (κ3) is 4.34. The largest absolute Gasteiger partial charge is 0.456 e. The zero-order chi connectivity index (χ0) is 35.3. The molecule has 0 fully saturated rings. The van der Waals surface area contributed by atoms with E-state index in [9.17, 15) is 0 Å². The normalized spacial score (nSPS) is 13.2. The molecule has 0 radical (unpaired) electrons. The van der Waals surface area contributed by atoms with Crippen LogP contribution in [0.25, 0.3) is 94.7 Å². The fraction of sp³-hybridized carbons (Fsp3) is 0.0625. The van der Waals surface area contributed by atoms with E-state index in [-0.39, 0.29) is 5.41 Å². The van der Waals surface area contributed by atoms with Gasteiger partial charge in [-0.15, -0.1) is 0 Å². The lowest BCUT2D eigenvalue weighted by molar-refractivity contribution is 0.657. The maximum absolute atomic E-state index is 6.43. The van der Waals surface area contributed by atoms with Crippen molar-refractivity contribution >= 4 is 43.7 Å². The summed E-state index contributed by atoms with van der Waals surface area (Å²) in [7, 11) is 0. The molecule has 0 saturated heterocycles. The maximum atomic E-state index is 6.43. The molecule has 5 heteroatoms. The fourth-order valence-corrected chi connectivity index (χ4v) is 8.56. The summed E-state index contributed by atoms with van der Waals surface area (Å²) < 4.78 is 8.82. The summed E-state index contributed by atoms with van der Waals surface area (Å²) in [6.07, 6.45) is 0. The molecule has 1 aliphatic carbocycles. The van der Waals surface area contributed by atoms with Crippen molar-refractivity contribution in [1.29, 1.82) is 0 Å². The predicted molar refractivity (Wildman–Crippen MR) is 215 cm³/mol. The van der Waals surface area contributed by atoms with Gasteiger partial charge >= 0.3 is 0 Å². The number of aromatic nitrogens is 4. The van der Waals surface area contributed by atoms with Gasteiger partial charge in [0.05, 0.1) is 11.0 Å². The number of rotatable bonds is 4. The van der Waals surface area contributed by atoms with Gasteiger partial charge in [-0.05, 0) is 70.8 Å². The van der Waals surface area contributed by atoms with Crippen LogP contribution in [0.1, 0.15) is 25.0 Å². The lowest BCUT2D eigenvalue weighted by Gasteiger charge is -2.21. The van der Waals surface area contributed by atoms with Gasteiger partial charge in [0.15, 0.2) is 17.5 Å². The van der Waals surface area contributed by atoms with Crippen LogP contribution >= 0.6 is 0 Å². The second kappa shape index (κ2) is 11.1. The van der Waals surface area contributed by atoms with Crippen molar-refractivity contribution in [3.63, 3.8) is 0 Å². The van der Waals surface area contributed by atoms with Crippen LogP contribution in [0.15, 0.2) is 162 Å². The van der Waals surface area contributed by atoms with Crippen LogP contribution in [-0.2, 0) is 5.41 Å². The smallest absolute Gasteiger partial charge is 0.164 e. The molecular formula is C48H32N4O. The van der Waals surface area contributed by atoms with Crippen LogP contribution in [0.3, 0.4) is 0 Å². The van der Waals surface area contributed by atoms with Gasteiger partial charge in [0, 0.05) is 49.3 Å². The molecule has 3 aromatic heterocycles. The summed E-state index contributed by atoms with van der Waals surface area (Å²) in [6, 6.07) is 55.1. The lowest BCUT2D eigenvalue weighted by atomic mass is 9.82. The Kier molecular flexibility index (Phi) is 6.23. The zero-order valence-electron chi connectivity index (χ0n) is 29.2. The zero-order valence-corrected chi connectivity index (χ0v) is 29.2. The molecule has 11 rings (SSSR count). The molecule has 1 aliphatic rings. The predicted octanol–water partition coefficient (Wildman–Crippen LogP) is 12.2. The van der Waals surface area contributed by atoms with Crippen LogP contribution in [0.5, 0.6) is 0 Å². The van der Waals surface area contributed by atoms with E-state index in [0.29, 0.717) is 17.5 Å². The van der Waals surface area contributed by atoms with Gasteiger partial charge in [-0.1, -0.05) is 123 Å². The summed E-state index contributed by atoms with van der Waals surface area (Å²) in [5, 5.41) is 4.85. The minimum Gasteiger partial charge on any atom is -0.456 e. The quantitative estimate of drug-likeness (QED) is 0.186. The van der Waals surface area contributed by atoms with Crippen LogP contribution in [-0.4, -0.2) is 19.5 Å². The molecule has 0 saturated carbocycles. The highest BCUT2D eigenvalue weighted by atomic mass is 16.3. The first-order valence-corrected chi connectivity index (χ1v) is 18.0. The molecule has 0 unspecified atom stereocenters. The fourth-order valence-electron chi connectivity index (χ4n) is 8.56. The van der Waals surface area contributed by atoms with E-state index in [4.69, 9.17) is 19.4 Å². The van der Waals surface area contributed by atoms with Crippen molar-refractivity contribution < 1.29 is 4.42 Å². The Morgan fingerprint density at radius 1 is 0.434 bits per heavy atom. The third-order valence-electron chi connectivity index (χ3n) is 11.1. The number of hydrogen-bond donors (Lipinski definition) is 0. The van der Waals surface area contributed by atoms with Gasteiger partial charge in [-0.25, -0.2) is 15.0 Å². The first-order chi connectivity index (χ1) is 26.0. The molecule has 7 aromatic carbocycles. The minimum absolute atomic E-state index is 0.169. The average molecular weight is 681 g/mol. The number of para-hydroxylation sites is 2. The van der Waals surface area contributed by atoms with Crippen molar-refractivity contribution in [3.05, 3.63) is 169 Å².